The van der Waals surface area contributed by atoms with Crippen molar-refractivity contribution in [3.05, 3.63) is 0 Å². The molecule has 10 aliphatic heterocycles. The van der Waals surface area contributed by atoms with E-state index in [1.807, 2.05) is 0 Å². The number of ether oxygens (including phenoxy) is 20. The molecule has 53 atom stereocenters. The largest absolute Gasteiger partial charge is 0.544 e. The van der Waals surface area contributed by atoms with Crippen LogP contribution in [-0.4, -0.2) is 599 Å². The van der Waals surface area contributed by atoms with Gasteiger partial charge in [0.25, 0.3) is 0 Å². The van der Waals surface area contributed by atoms with Crippen LogP contribution in [0, 0.1) is 0 Å². The first-order valence-corrected chi connectivity index (χ1v) is 45.6. The maximum absolute atomic E-state index is 13.4. The minimum absolute atomic E-state index is 0.218. The van der Waals surface area contributed by atoms with Gasteiger partial charge >= 0.3 is 0 Å². The molecular formula is C80H130N6O59-2. The molecule has 65 heteroatoms. The molecule has 10 fully saturated rings. The van der Waals surface area contributed by atoms with Crippen LogP contribution >= 0.6 is 0 Å². The third-order valence-electron chi connectivity index (χ3n) is 25.8. The summed E-state index contributed by atoms with van der Waals surface area (Å²) in [5, 5.41) is 367. The van der Waals surface area contributed by atoms with E-state index in [0.29, 0.717) is 0 Å². The van der Waals surface area contributed by atoms with Crippen LogP contribution < -0.4 is 42.1 Å². The van der Waals surface area contributed by atoms with Crippen LogP contribution in [0.1, 0.15) is 47.5 Å². The molecule has 0 spiro atoms. The normalized spacial score (nSPS) is 44.7. The summed E-state index contributed by atoms with van der Waals surface area (Å²) in [7, 11) is 0. The van der Waals surface area contributed by atoms with Gasteiger partial charge in [-0.1, -0.05) is 0 Å². The third kappa shape index (κ3) is 27.4. The minimum Gasteiger partial charge on any atom is -0.544 e. The van der Waals surface area contributed by atoms with Crippen molar-refractivity contribution in [3.63, 3.8) is 0 Å². The molecule has 10 heterocycles. The summed E-state index contributed by atoms with van der Waals surface area (Å²) in [6.45, 7) is -9.49. The molecule has 10 rings (SSSR count). The van der Waals surface area contributed by atoms with Crippen molar-refractivity contribution in [2.75, 3.05) is 79.3 Å². The molecule has 0 saturated carbocycles. The van der Waals surface area contributed by atoms with Crippen LogP contribution in [0.5, 0.6) is 0 Å². The number of carboxylic acids is 2. The molecule has 0 aromatic heterocycles. The molecule has 6 amide bonds. The van der Waals surface area contributed by atoms with Crippen molar-refractivity contribution >= 4 is 47.9 Å². The lowest BCUT2D eigenvalue weighted by molar-refractivity contribution is -0.412. The van der Waals surface area contributed by atoms with Crippen molar-refractivity contribution in [2.24, 2.45) is 0 Å². The highest BCUT2D eigenvalue weighted by Crippen LogP contribution is 2.44. The lowest BCUT2D eigenvalue weighted by atomic mass is 9.88. The molecule has 145 heavy (non-hydrogen) atoms. The number of aliphatic carboxylic acids is 2. The van der Waals surface area contributed by atoms with Gasteiger partial charge < -0.3 is 295 Å². The Hall–Kier alpha value is -6.20. The number of rotatable bonds is 45. The summed E-state index contributed by atoms with van der Waals surface area (Å²) in [5.41, 5.74) is 0. The highest BCUT2D eigenvalue weighted by Gasteiger charge is 2.65. The van der Waals surface area contributed by atoms with Gasteiger partial charge in [0.15, 0.2) is 50.3 Å². The van der Waals surface area contributed by atoms with Gasteiger partial charge in [-0.15, -0.1) is 0 Å². The molecule has 0 unspecified atom stereocenters. The van der Waals surface area contributed by atoms with Gasteiger partial charge in [-0.25, -0.2) is 0 Å². The second-order valence-electron chi connectivity index (χ2n) is 36.0. The highest BCUT2D eigenvalue weighted by molar-refractivity contribution is 5.77. The zero-order valence-corrected chi connectivity index (χ0v) is 77.6. The molecule has 10 saturated heterocycles. The molecule has 0 aromatic carbocycles. The van der Waals surface area contributed by atoms with Crippen molar-refractivity contribution in [1.82, 2.24) is 31.9 Å². The average Bonchev–Trinajstić information content (AvgIpc) is 0.747. The van der Waals surface area contributed by atoms with Crippen LogP contribution in [-0.2, 0) is 133 Å². The van der Waals surface area contributed by atoms with Gasteiger partial charge in [0, 0.05) is 47.5 Å². The van der Waals surface area contributed by atoms with Gasteiger partial charge in [0.2, 0.25) is 47.5 Å². The van der Waals surface area contributed by atoms with E-state index >= 15 is 0 Å². The number of amides is 6. The minimum atomic E-state index is -3.48. The maximum atomic E-state index is 13.4. The zero-order chi connectivity index (χ0) is 107. The molecule has 0 radical (unpaired) electrons. The average molecular weight is 2120 g/mol. The van der Waals surface area contributed by atoms with Crippen molar-refractivity contribution < 1.29 is 291 Å². The van der Waals surface area contributed by atoms with E-state index in [2.05, 4.69) is 31.9 Å². The summed E-state index contributed by atoms with van der Waals surface area (Å²) in [6.07, 6.45) is -105. The Morgan fingerprint density at radius 1 is 0.324 bits per heavy atom. The quantitative estimate of drug-likeness (QED) is 0.0252. The fourth-order valence-corrected chi connectivity index (χ4v) is 18.4. The second-order valence-corrected chi connectivity index (χ2v) is 36.0. The smallest absolute Gasteiger partial charge is 0.217 e. The van der Waals surface area contributed by atoms with E-state index in [9.17, 15) is 197 Å². The van der Waals surface area contributed by atoms with E-state index in [-0.39, 0.29) is 6.41 Å². The van der Waals surface area contributed by atoms with Gasteiger partial charge in [-0.05, 0) is 0 Å². The van der Waals surface area contributed by atoms with Gasteiger partial charge in [-0.3, -0.25) is 28.8 Å². The summed E-state index contributed by atoms with van der Waals surface area (Å²) >= 11 is 0. The Kier molecular flexibility index (Phi) is 44.0. The Labute approximate surface area is 819 Å². The lowest BCUT2D eigenvalue weighted by Crippen LogP contribution is -2.72. The standard InChI is InChI=1S/C80H132N6O59/c1-21(98)82-39-27(103)6-79(77(122)123,142-63(39)44(107)29(105)9-88)144-67-47(110)32(12-91)129-75(57(67)120)137-59-34(14-93)131-69(41(50(59)113)84-23(3)100)127-19-38-49(112)66(141-71-43(86-25(5)102)52(115)61(36(16-95)133-71)138-76-58(121)68(48(111)33(13-92)130-76)145-80(78(124)125)7-28(104)40(83-22(2)99)64(143-80)45(108)30(106)10-89)56(119)74(135-38)136-60-35(15-94)132-70(42(51(60)114)85-24(4)101)140-65-46(109)31(11-90)128-73(55(65)118)139-62-37(17-96)134-72(54(117)53(62)116)126-18-26(8-87)81-20-97/h20,26-76,87-96,103-121H,6-19H2,1-5H3,(H,81,97)(H,82,98)(H,83,99)(H,84,100)(H,85,101)(H,86,102)(H,122,123)(H,124,125)/p-2/t26-,27+,28+,29-,30-,31-,32-,33-,34-,35-,36-,37-,38-,39-,40-,41-,42-,43-,44-,45-,46+,47+,48+,49+,50-,51-,52-,53-,54-,55-,56-,57-,58-,59-,60-,61-,62-,63-,64-,65+,66+,67+,68+,69-,70+,71-,72-,73+,74+,75+,76+,79+,80+/m1/s1. The van der Waals surface area contributed by atoms with E-state index < -0.39 is 458 Å². The summed E-state index contributed by atoms with van der Waals surface area (Å²) < 4.78 is 118. The third-order valence-corrected chi connectivity index (χ3v) is 25.8. The first kappa shape index (κ1) is 121. The SMILES string of the molecule is CC(=O)N[C@H]1[C@H](OC[C@H]2O[C@@H](O[C@H]3[C@H](O)[C@@H](NC(C)=O)[C@H](O[C@H]4[C@@H](O)[C@@H](CO)O[C@@H](O[C@H]5[C@H](O)[C@@H](O)[C@H](OC[C@@H](CO)NC=O)O[C@@H]5CO)[C@@H]4O)O[C@@H]3CO)[C@H](O)[C@@H](O[C@H]3O[C@H](CO)[C@@H](O[C@@H]4O[C@H](CO)[C@H](O)[C@H](O[C@]5(C(=O)[O-])C[C@H](O)[C@@H](NC(C)=O)[C@H]([C@H](O)[C@H](O)CO)O5)[C@H]4O)[C@H](O)[C@H]3NC(C)=O)[C@H]2O)O[C@H](CO)[C@@H](O[C@@H]2O[C@H](CO)[C@H](O)[C@H](O[C@]3(C(=O)[O-])C[C@H](O)[C@@H](NC(C)=O)[C@H]([C@H](O)[C@H](O)CO)O3)[C@H]2O)[C@@H]1O. The van der Waals surface area contributed by atoms with Crippen LogP contribution in [0.25, 0.3) is 0 Å². The molecule has 0 aromatic rings. The molecule has 65 nitrogen and oxygen atoms in total. The summed E-state index contributed by atoms with van der Waals surface area (Å²) in [4.78, 5) is 102. The lowest BCUT2D eigenvalue weighted by Gasteiger charge is -2.52. The first-order chi connectivity index (χ1) is 68.4. The fraction of sp³-hybridized carbons (Fsp3) is 0.900. The van der Waals surface area contributed by atoms with Crippen molar-refractivity contribution in [1.29, 1.82) is 0 Å². The van der Waals surface area contributed by atoms with E-state index in [1.54, 1.807) is 0 Å². The van der Waals surface area contributed by atoms with E-state index in [1.165, 1.54) is 0 Å². The number of carbonyl (C=O) groups is 8. The predicted octanol–water partition coefficient (Wildman–Crippen LogP) is -27.2. The van der Waals surface area contributed by atoms with Crippen molar-refractivity contribution in [2.45, 2.75) is 371 Å². The Balaban J connectivity index is 0.960. The van der Waals surface area contributed by atoms with Gasteiger partial charge in [-0.2, -0.15) is 0 Å². The number of carbonyl (C=O) groups excluding carboxylic acids is 8. The van der Waals surface area contributed by atoms with Crippen LogP contribution in [0.3, 0.4) is 0 Å². The fourth-order valence-electron chi connectivity index (χ4n) is 18.4. The second kappa shape index (κ2) is 52.9. The van der Waals surface area contributed by atoms with Crippen molar-refractivity contribution in [3.8, 4) is 0 Å². The maximum Gasteiger partial charge on any atom is 0.217 e. The number of hydrogen-bond donors (Lipinski definition) is 35. The van der Waals surface area contributed by atoms with Crippen LogP contribution in [0.2, 0.25) is 0 Å². The Morgan fingerprint density at radius 3 is 0.910 bits per heavy atom. The summed E-state index contributed by atoms with van der Waals surface area (Å²) in [6, 6.07) is -11.1. The Morgan fingerprint density at radius 2 is 0.600 bits per heavy atom. The zero-order valence-electron chi connectivity index (χ0n) is 77.6. The molecule has 836 valence electrons. The van der Waals surface area contributed by atoms with Crippen LogP contribution in [0.15, 0.2) is 0 Å². The predicted molar refractivity (Wildman–Crippen MR) is 441 cm³/mol. The molecule has 0 aliphatic carbocycles. The number of aliphatic hydroxyl groups excluding tert-OH is 29. The molecular weight excluding hydrogens is 1990 g/mol. The molecule has 10 aliphatic rings. The monoisotopic (exact) mass is 2120 g/mol. The highest BCUT2D eigenvalue weighted by atomic mass is 16.8. The van der Waals surface area contributed by atoms with Gasteiger partial charge in [0.05, 0.1) is 110 Å². The molecule has 0 bridgehead atoms. The number of aliphatic hydroxyl groups is 29. The number of hydrogen-bond acceptors (Lipinski definition) is 59. The summed E-state index contributed by atoms with van der Waals surface area (Å²) in [5.74, 6) is -16.9. The van der Waals surface area contributed by atoms with Crippen LogP contribution in [0.4, 0.5) is 0 Å². The first-order valence-electron chi connectivity index (χ1n) is 45.6. The molecule has 35 N–H and O–H groups in total. The van der Waals surface area contributed by atoms with E-state index in [4.69, 9.17) is 94.7 Å². The topological polar surface area (TPSA) is 1030 Å². The van der Waals surface area contributed by atoms with Gasteiger partial charge in [0.1, 0.15) is 244 Å². The van der Waals surface area contributed by atoms with E-state index in [0.717, 1.165) is 34.6 Å². The Bertz CT molecular complexity index is 4120. The number of nitrogens with one attached hydrogen (secondary N) is 6. The number of carboxylic acid groups (broad SMARTS) is 2.